The van der Waals surface area contributed by atoms with Gasteiger partial charge < -0.3 is 9.30 Å². The van der Waals surface area contributed by atoms with Crippen molar-refractivity contribution in [3.63, 3.8) is 0 Å². The molecule has 0 saturated carbocycles. The molecular formula is C25H37N5O. The standard InChI is InChI=1S/C21H27N5O.C4H10/c1-13(2)14(3)9-18-15(4)10-19(25-24-18)17-7-8-20(21(23-17)27-6)26-11-16(5)22-12-26;1-4(2)3/h7-8,10-14H,9H2,1-6H3;4H,1-3H3/t14-;/m1./s1. The Morgan fingerprint density at radius 2 is 1.65 bits per heavy atom. The van der Waals surface area contributed by atoms with Gasteiger partial charge in [-0.1, -0.05) is 41.5 Å². The first kappa shape index (κ1) is 24.5. The maximum atomic E-state index is 5.50. The van der Waals surface area contributed by atoms with Crippen LogP contribution >= 0.6 is 0 Å². The number of pyridine rings is 1. The Bertz CT molecular complexity index is 975. The summed E-state index contributed by atoms with van der Waals surface area (Å²) in [5.41, 5.74) is 5.47. The van der Waals surface area contributed by atoms with Gasteiger partial charge in [0.1, 0.15) is 11.4 Å². The number of hydrogen-bond donors (Lipinski definition) is 0. The van der Waals surface area contributed by atoms with Crippen molar-refractivity contribution in [1.29, 1.82) is 0 Å². The van der Waals surface area contributed by atoms with E-state index < -0.39 is 0 Å². The van der Waals surface area contributed by atoms with Gasteiger partial charge in [0.05, 0.1) is 30.5 Å². The molecule has 0 aliphatic rings. The van der Waals surface area contributed by atoms with Crippen molar-refractivity contribution in [2.45, 2.75) is 61.8 Å². The van der Waals surface area contributed by atoms with Crippen molar-refractivity contribution in [3.05, 3.63) is 47.7 Å². The molecule has 31 heavy (non-hydrogen) atoms. The van der Waals surface area contributed by atoms with E-state index >= 15 is 0 Å². The highest BCUT2D eigenvalue weighted by Gasteiger charge is 2.15. The quantitative estimate of drug-likeness (QED) is 0.498. The second kappa shape index (κ2) is 11.0. The molecule has 0 fully saturated rings. The number of aryl methyl sites for hydroxylation is 2. The summed E-state index contributed by atoms with van der Waals surface area (Å²) < 4.78 is 7.40. The van der Waals surface area contributed by atoms with Crippen molar-refractivity contribution in [3.8, 4) is 23.0 Å². The van der Waals surface area contributed by atoms with E-state index in [0.29, 0.717) is 17.7 Å². The van der Waals surface area contributed by atoms with Crippen LogP contribution in [-0.4, -0.2) is 31.8 Å². The zero-order valence-corrected chi connectivity index (χ0v) is 20.5. The van der Waals surface area contributed by atoms with Gasteiger partial charge in [0.15, 0.2) is 0 Å². The molecule has 0 amide bonds. The number of methoxy groups -OCH3 is 1. The van der Waals surface area contributed by atoms with Crippen molar-refractivity contribution < 1.29 is 4.74 Å². The SMILES string of the molecule is CC(C)C.COc1nc(-c2cc(C)c(C[C@@H](C)C(C)C)nn2)ccc1-n1cnc(C)c1. The van der Waals surface area contributed by atoms with E-state index in [1.165, 1.54) is 0 Å². The van der Waals surface area contributed by atoms with Gasteiger partial charge in [0.2, 0.25) is 5.88 Å². The second-order valence-corrected chi connectivity index (χ2v) is 9.16. The average molecular weight is 424 g/mol. The summed E-state index contributed by atoms with van der Waals surface area (Å²) in [5.74, 6) is 2.55. The summed E-state index contributed by atoms with van der Waals surface area (Å²) in [6, 6.07) is 5.96. The van der Waals surface area contributed by atoms with E-state index in [-0.39, 0.29) is 0 Å². The van der Waals surface area contributed by atoms with Crippen molar-refractivity contribution in [2.24, 2.45) is 17.8 Å². The van der Waals surface area contributed by atoms with Crippen LogP contribution in [0.5, 0.6) is 5.88 Å². The zero-order chi connectivity index (χ0) is 23.1. The van der Waals surface area contributed by atoms with E-state index in [9.17, 15) is 0 Å². The predicted molar refractivity (Wildman–Crippen MR) is 127 cm³/mol. The molecule has 0 bridgehead atoms. The van der Waals surface area contributed by atoms with Crippen LogP contribution < -0.4 is 4.74 Å². The lowest BCUT2D eigenvalue weighted by molar-refractivity contribution is 0.396. The van der Waals surface area contributed by atoms with Crippen LogP contribution in [0.15, 0.2) is 30.7 Å². The van der Waals surface area contributed by atoms with Gasteiger partial charge in [-0.15, -0.1) is 5.10 Å². The molecule has 3 rings (SSSR count). The fourth-order valence-electron chi connectivity index (χ4n) is 2.85. The van der Waals surface area contributed by atoms with Crippen LogP contribution in [0.2, 0.25) is 0 Å². The molecule has 0 aliphatic heterocycles. The molecule has 0 spiro atoms. The van der Waals surface area contributed by atoms with Crippen molar-refractivity contribution in [1.82, 2.24) is 24.7 Å². The minimum atomic E-state index is 0.529. The number of hydrogen-bond acceptors (Lipinski definition) is 5. The van der Waals surface area contributed by atoms with Crippen LogP contribution in [0.1, 0.15) is 58.5 Å². The highest BCUT2D eigenvalue weighted by molar-refractivity contribution is 5.59. The average Bonchev–Trinajstić information content (AvgIpc) is 3.14. The molecule has 6 nitrogen and oxygen atoms in total. The largest absolute Gasteiger partial charge is 0.479 e. The van der Waals surface area contributed by atoms with Gasteiger partial charge in [-0.25, -0.2) is 9.97 Å². The van der Waals surface area contributed by atoms with Crippen LogP contribution in [0.4, 0.5) is 0 Å². The first-order valence-electron chi connectivity index (χ1n) is 11.0. The van der Waals surface area contributed by atoms with Crippen LogP contribution in [0, 0.1) is 31.6 Å². The van der Waals surface area contributed by atoms with E-state index in [1.807, 2.05) is 29.8 Å². The van der Waals surface area contributed by atoms with Gasteiger partial charge in [-0.3, -0.25) is 0 Å². The summed E-state index contributed by atoms with van der Waals surface area (Å²) >= 11 is 0. The third-order valence-electron chi connectivity index (χ3n) is 5.03. The third kappa shape index (κ3) is 6.88. The number of imidazole rings is 1. The molecule has 0 unspecified atom stereocenters. The Kier molecular flexibility index (Phi) is 8.72. The molecular weight excluding hydrogens is 386 g/mol. The Balaban J connectivity index is 0.000000785. The molecule has 6 heteroatoms. The van der Waals surface area contributed by atoms with Crippen LogP contribution in [0.3, 0.4) is 0 Å². The Morgan fingerprint density at radius 3 is 2.16 bits per heavy atom. The number of nitrogens with zero attached hydrogens (tertiary/aromatic N) is 5. The summed E-state index contributed by atoms with van der Waals surface area (Å²) in [7, 11) is 1.62. The zero-order valence-electron chi connectivity index (χ0n) is 20.5. The number of ether oxygens (including phenoxy) is 1. The van der Waals surface area contributed by atoms with Crippen molar-refractivity contribution in [2.75, 3.05) is 7.11 Å². The fraction of sp³-hybridized carbons (Fsp3) is 0.520. The van der Waals surface area contributed by atoms with Gasteiger partial charge in [-0.2, -0.15) is 5.10 Å². The van der Waals surface area contributed by atoms with E-state index in [0.717, 1.165) is 46.4 Å². The number of aromatic nitrogens is 5. The van der Waals surface area contributed by atoms with Crippen molar-refractivity contribution >= 4 is 0 Å². The Morgan fingerprint density at radius 1 is 0.968 bits per heavy atom. The van der Waals surface area contributed by atoms with E-state index in [4.69, 9.17) is 4.74 Å². The monoisotopic (exact) mass is 423 g/mol. The van der Waals surface area contributed by atoms with E-state index in [1.54, 1.807) is 13.4 Å². The van der Waals surface area contributed by atoms with E-state index in [2.05, 4.69) is 74.7 Å². The first-order chi connectivity index (χ1) is 14.6. The summed E-state index contributed by atoms with van der Waals surface area (Å²) in [6.07, 6.45) is 4.63. The Hall–Kier alpha value is -2.76. The molecule has 3 aromatic rings. The predicted octanol–water partition coefficient (Wildman–Crippen LogP) is 5.85. The maximum Gasteiger partial charge on any atom is 0.238 e. The molecule has 3 heterocycles. The molecule has 0 aromatic carbocycles. The summed E-state index contributed by atoms with van der Waals surface area (Å²) in [4.78, 5) is 8.90. The molecule has 0 aliphatic carbocycles. The highest BCUT2D eigenvalue weighted by atomic mass is 16.5. The fourth-order valence-corrected chi connectivity index (χ4v) is 2.85. The molecule has 0 saturated heterocycles. The lowest BCUT2D eigenvalue weighted by Gasteiger charge is -2.16. The summed E-state index contributed by atoms with van der Waals surface area (Å²) in [5, 5.41) is 8.89. The first-order valence-corrected chi connectivity index (χ1v) is 11.0. The molecule has 168 valence electrons. The minimum absolute atomic E-state index is 0.529. The van der Waals surface area contributed by atoms with Gasteiger partial charge in [-0.05, 0) is 61.8 Å². The Labute approximate surface area is 187 Å². The van der Waals surface area contributed by atoms with Gasteiger partial charge >= 0.3 is 0 Å². The third-order valence-corrected chi connectivity index (χ3v) is 5.03. The second-order valence-electron chi connectivity index (χ2n) is 9.16. The van der Waals surface area contributed by atoms with Crippen LogP contribution in [0.25, 0.3) is 17.1 Å². The smallest absolute Gasteiger partial charge is 0.238 e. The van der Waals surface area contributed by atoms with Gasteiger partial charge in [0, 0.05) is 6.20 Å². The molecule has 0 radical (unpaired) electrons. The van der Waals surface area contributed by atoms with Crippen LogP contribution in [-0.2, 0) is 6.42 Å². The molecule has 3 aromatic heterocycles. The highest BCUT2D eigenvalue weighted by Crippen LogP contribution is 2.26. The topological polar surface area (TPSA) is 65.7 Å². The number of rotatable bonds is 6. The molecule has 0 N–H and O–H groups in total. The lowest BCUT2D eigenvalue weighted by atomic mass is 9.92. The van der Waals surface area contributed by atoms with Gasteiger partial charge in [0.25, 0.3) is 0 Å². The molecule has 1 atom stereocenters. The lowest BCUT2D eigenvalue weighted by Crippen LogP contribution is -2.11. The normalized spacial score (nSPS) is 12.0. The maximum absolute atomic E-state index is 5.50. The summed E-state index contributed by atoms with van der Waals surface area (Å²) in [6.45, 7) is 17.3. The minimum Gasteiger partial charge on any atom is -0.479 e.